The van der Waals surface area contributed by atoms with Gasteiger partial charge in [-0.2, -0.15) is 0 Å². The van der Waals surface area contributed by atoms with Gasteiger partial charge >= 0.3 is 0 Å². The van der Waals surface area contributed by atoms with Gasteiger partial charge in [0.25, 0.3) is 0 Å². The molecular weight excluding hydrogens is 212 g/mol. The van der Waals surface area contributed by atoms with E-state index in [1.165, 1.54) is 5.56 Å². The average molecular weight is 232 g/mol. The van der Waals surface area contributed by atoms with Crippen LogP contribution in [0.4, 0.5) is 0 Å². The number of amides is 1. The SMILES string of the molecule is CC(CNC1CCCNC1=O)c1ccccc1. The van der Waals surface area contributed by atoms with Crippen LogP contribution in [0, 0.1) is 0 Å². The minimum Gasteiger partial charge on any atom is -0.355 e. The normalized spacial score (nSPS) is 21.9. The fourth-order valence-corrected chi connectivity index (χ4v) is 2.19. The lowest BCUT2D eigenvalue weighted by Gasteiger charge is -2.24. The first-order valence-electron chi connectivity index (χ1n) is 6.33. The molecule has 1 amide bonds. The van der Waals surface area contributed by atoms with Crippen LogP contribution in [0.1, 0.15) is 31.2 Å². The second kappa shape index (κ2) is 5.82. The van der Waals surface area contributed by atoms with Crippen LogP contribution in [0.2, 0.25) is 0 Å². The van der Waals surface area contributed by atoms with E-state index in [1.54, 1.807) is 0 Å². The van der Waals surface area contributed by atoms with Crippen molar-refractivity contribution in [1.29, 1.82) is 0 Å². The molecule has 1 aliphatic rings. The number of carbonyl (C=O) groups is 1. The van der Waals surface area contributed by atoms with E-state index in [0.717, 1.165) is 25.9 Å². The van der Waals surface area contributed by atoms with E-state index in [0.29, 0.717) is 5.92 Å². The van der Waals surface area contributed by atoms with Crippen molar-refractivity contribution in [2.24, 2.45) is 0 Å². The highest BCUT2D eigenvalue weighted by Gasteiger charge is 2.21. The van der Waals surface area contributed by atoms with Crippen molar-refractivity contribution in [2.45, 2.75) is 31.7 Å². The zero-order chi connectivity index (χ0) is 12.1. The van der Waals surface area contributed by atoms with E-state index in [-0.39, 0.29) is 11.9 Å². The molecule has 2 rings (SSSR count). The Balaban J connectivity index is 1.83. The number of carbonyl (C=O) groups excluding carboxylic acids is 1. The summed E-state index contributed by atoms with van der Waals surface area (Å²) in [6, 6.07) is 10.4. The highest BCUT2D eigenvalue weighted by molar-refractivity contribution is 5.82. The topological polar surface area (TPSA) is 41.1 Å². The van der Waals surface area contributed by atoms with Gasteiger partial charge in [-0.3, -0.25) is 4.79 Å². The zero-order valence-electron chi connectivity index (χ0n) is 10.3. The van der Waals surface area contributed by atoms with Gasteiger partial charge < -0.3 is 10.6 Å². The first-order chi connectivity index (χ1) is 8.27. The Morgan fingerprint density at radius 1 is 1.41 bits per heavy atom. The molecule has 0 aromatic heterocycles. The van der Waals surface area contributed by atoms with Crippen LogP contribution < -0.4 is 10.6 Å². The fraction of sp³-hybridized carbons (Fsp3) is 0.500. The van der Waals surface area contributed by atoms with Gasteiger partial charge in [-0.05, 0) is 24.3 Å². The van der Waals surface area contributed by atoms with Crippen molar-refractivity contribution < 1.29 is 4.79 Å². The minimum absolute atomic E-state index is 0.00471. The highest BCUT2D eigenvalue weighted by atomic mass is 16.2. The molecule has 1 fully saturated rings. The fourth-order valence-electron chi connectivity index (χ4n) is 2.19. The predicted octanol–water partition coefficient (Wildman–Crippen LogP) is 1.66. The molecule has 1 heterocycles. The molecule has 17 heavy (non-hydrogen) atoms. The zero-order valence-corrected chi connectivity index (χ0v) is 10.3. The molecule has 92 valence electrons. The Hall–Kier alpha value is -1.35. The molecule has 2 unspecified atom stereocenters. The lowest BCUT2D eigenvalue weighted by Crippen LogP contribution is -2.49. The maximum Gasteiger partial charge on any atom is 0.237 e. The number of nitrogens with one attached hydrogen (secondary N) is 2. The monoisotopic (exact) mass is 232 g/mol. The molecule has 0 saturated carbocycles. The second-order valence-electron chi connectivity index (χ2n) is 4.71. The van der Waals surface area contributed by atoms with E-state index in [2.05, 4.69) is 41.8 Å². The number of hydrogen-bond donors (Lipinski definition) is 2. The smallest absolute Gasteiger partial charge is 0.237 e. The highest BCUT2D eigenvalue weighted by Crippen LogP contribution is 2.14. The van der Waals surface area contributed by atoms with Crippen LogP contribution in [0.25, 0.3) is 0 Å². The molecule has 3 nitrogen and oxygen atoms in total. The van der Waals surface area contributed by atoms with Crippen molar-refractivity contribution in [3.63, 3.8) is 0 Å². The van der Waals surface area contributed by atoms with Gasteiger partial charge in [0.05, 0.1) is 6.04 Å². The van der Waals surface area contributed by atoms with Crippen molar-refractivity contribution in [3.05, 3.63) is 35.9 Å². The third-order valence-corrected chi connectivity index (χ3v) is 3.32. The van der Waals surface area contributed by atoms with Crippen LogP contribution in [0.5, 0.6) is 0 Å². The summed E-state index contributed by atoms with van der Waals surface area (Å²) in [6.45, 7) is 3.86. The maximum atomic E-state index is 11.6. The van der Waals surface area contributed by atoms with Gasteiger partial charge in [0.15, 0.2) is 0 Å². The lowest BCUT2D eigenvalue weighted by molar-refractivity contribution is -0.124. The molecule has 1 aromatic rings. The molecule has 1 aliphatic heterocycles. The summed E-state index contributed by atoms with van der Waals surface area (Å²) in [4.78, 5) is 11.6. The van der Waals surface area contributed by atoms with Gasteiger partial charge in [-0.1, -0.05) is 37.3 Å². The van der Waals surface area contributed by atoms with E-state index in [4.69, 9.17) is 0 Å². The molecule has 2 N–H and O–H groups in total. The van der Waals surface area contributed by atoms with Gasteiger partial charge in [0, 0.05) is 13.1 Å². The maximum absolute atomic E-state index is 11.6. The molecule has 0 bridgehead atoms. The van der Waals surface area contributed by atoms with Gasteiger partial charge in [-0.15, -0.1) is 0 Å². The number of hydrogen-bond acceptors (Lipinski definition) is 2. The van der Waals surface area contributed by atoms with Crippen LogP contribution in [-0.2, 0) is 4.79 Å². The first-order valence-corrected chi connectivity index (χ1v) is 6.33. The molecule has 1 aromatic carbocycles. The number of benzene rings is 1. The Kier molecular flexibility index (Phi) is 4.15. The minimum atomic E-state index is -0.00471. The first kappa shape index (κ1) is 12.1. The average Bonchev–Trinajstić information content (AvgIpc) is 2.38. The molecule has 3 heteroatoms. The Morgan fingerprint density at radius 2 is 2.18 bits per heavy atom. The van der Waals surface area contributed by atoms with Crippen LogP contribution in [0.15, 0.2) is 30.3 Å². The largest absolute Gasteiger partial charge is 0.355 e. The number of piperidine rings is 1. The summed E-state index contributed by atoms with van der Waals surface area (Å²) >= 11 is 0. The van der Waals surface area contributed by atoms with E-state index in [1.807, 2.05) is 6.07 Å². The van der Waals surface area contributed by atoms with Crippen molar-refractivity contribution in [1.82, 2.24) is 10.6 Å². The van der Waals surface area contributed by atoms with Gasteiger partial charge in [0.1, 0.15) is 0 Å². The summed E-state index contributed by atoms with van der Waals surface area (Å²) in [5, 5.41) is 6.25. The van der Waals surface area contributed by atoms with Crippen LogP contribution in [-0.4, -0.2) is 25.0 Å². The third kappa shape index (κ3) is 3.30. The summed E-state index contributed by atoms with van der Waals surface area (Å²) < 4.78 is 0. The summed E-state index contributed by atoms with van der Waals surface area (Å²) in [7, 11) is 0. The van der Waals surface area contributed by atoms with Gasteiger partial charge in [0.2, 0.25) is 5.91 Å². The quantitative estimate of drug-likeness (QED) is 0.829. The molecule has 0 radical (unpaired) electrons. The summed E-state index contributed by atoms with van der Waals surface area (Å²) in [6.07, 6.45) is 2.02. The van der Waals surface area contributed by atoms with Crippen molar-refractivity contribution in [3.8, 4) is 0 Å². The third-order valence-electron chi connectivity index (χ3n) is 3.32. The van der Waals surface area contributed by atoms with Gasteiger partial charge in [-0.25, -0.2) is 0 Å². The molecule has 0 spiro atoms. The molecular formula is C14H20N2O. The van der Waals surface area contributed by atoms with Crippen LogP contribution >= 0.6 is 0 Å². The Bertz CT molecular complexity index is 364. The standard InChI is InChI=1S/C14H20N2O/c1-11(12-6-3-2-4-7-12)10-16-13-8-5-9-15-14(13)17/h2-4,6-7,11,13,16H,5,8-10H2,1H3,(H,15,17). The lowest BCUT2D eigenvalue weighted by atomic mass is 10.00. The second-order valence-corrected chi connectivity index (χ2v) is 4.71. The Morgan fingerprint density at radius 3 is 2.88 bits per heavy atom. The van der Waals surface area contributed by atoms with Crippen molar-refractivity contribution >= 4 is 5.91 Å². The van der Waals surface area contributed by atoms with E-state index < -0.39 is 0 Å². The van der Waals surface area contributed by atoms with Crippen LogP contribution in [0.3, 0.4) is 0 Å². The summed E-state index contributed by atoms with van der Waals surface area (Å²) in [5.74, 6) is 0.586. The molecule has 2 atom stereocenters. The van der Waals surface area contributed by atoms with Crippen molar-refractivity contribution in [2.75, 3.05) is 13.1 Å². The predicted molar refractivity (Wildman–Crippen MR) is 68.9 cm³/mol. The molecule has 0 aliphatic carbocycles. The number of rotatable bonds is 4. The molecule has 1 saturated heterocycles. The summed E-state index contributed by atoms with van der Waals surface area (Å²) in [5.41, 5.74) is 1.32. The Labute approximate surface area is 103 Å². The van der Waals surface area contributed by atoms with E-state index in [9.17, 15) is 4.79 Å². The van der Waals surface area contributed by atoms with E-state index >= 15 is 0 Å².